The number of hydrogen-bond acceptors (Lipinski definition) is 4. The largest absolute Gasteiger partial charge is 0.481 e. The van der Waals surface area contributed by atoms with Crippen molar-refractivity contribution in [3.63, 3.8) is 0 Å². The molecule has 1 aliphatic rings. The zero-order valence-corrected chi connectivity index (χ0v) is 12.5. The Hall–Kier alpha value is -2.76. The first-order valence-corrected chi connectivity index (χ1v) is 7.20. The highest BCUT2D eigenvalue weighted by Gasteiger charge is 2.16. The molecule has 1 aliphatic heterocycles. The Bertz CT molecular complexity index is 702. The van der Waals surface area contributed by atoms with Crippen LogP contribution >= 0.6 is 0 Å². The molecule has 2 aromatic rings. The van der Waals surface area contributed by atoms with Crippen LogP contribution in [0.3, 0.4) is 0 Å². The molecule has 0 spiro atoms. The Morgan fingerprint density at radius 2 is 1.96 bits per heavy atom. The molecule has 0 saturated carbocycles. The SMILES string of the molecule is C[C@H](Oc1ccc(F)cc1)C(=O)NCc1ccc2c(c1)OCO2. The predicted octanol–water partition coefficient (Wildman–Crippen LogP) is 2.64. The first kappa shape index (κ1) is 15.1. The van der Waals surface area contributed by atoms with E-state index in [4.69, 9.17) is 14.2 Å². The Labute approximate surface area is 133 Å². The molecule has 2 aromatic carbocycles. The molecule has 5 nitrogen and oxygen atoms in total. The van der Waals surface area contributed by atoms with E-state index in [0.717, 1.165) is 5.56 Å². The molecule has 23 heavy (non-hydrogen) atoms. The highest BCUT2D eigenvalue weighted by Crippen LogP contribution is 2.32. The molecule has 0 saturated heterocycles. The van der Waals surface area contributed by atoms with Crippen molar-refractivity contribution in [2.45, 2.75) is 19.6 Å². The van der Waals surface area contributed by atoms with E-state index in [2.05, 4.69) is 5.32 Å². The number of amides is 1. The van der Waals surface area contributed by atoms with E-state index in [-0.39, 0.29) is 18.5 Å². The number of benzene rings is 2. The lowest BCUT2D eigenvalue weighted by molar-refractivity contribution is -0.127. The predicted molar refractivity (Wildman–Crippen MR) is 80.9 cm³/mol. The summed E-state index contributed by atoms with van der Waals surface area (Å²) in [6.07, 6.45) is -0.686. The summed E-state index contributed by atoms with van der Waals surface area (Å²) in [4.78, 5) is 12.1. The van der Waals surface area contributed by atoms with Crippen molar-refractivity contribution in [3.8, 4) is 17.2 Å². The van der Waals surface area contributed by atoms with E-state index >= 15 is 0 Å². The van der Waals surface area contributed by atoms with Gasteiger partial charge in [0.1, 0.15) is 11.6 Å². The average Bonchev–Trinajstić information content (AvgIpc) is 3.02. The Balaban J connectivity index is 1.53. The van der Waals surface area contributed by atoms with Crippen LogP contribution in [-0.4, -0.2) is 18.8 Å². The van der Waals surface area contributed by atoms with Crippen LogP contribution in [0.15, 0.2) is 42.5 Å². The molecule has 1 N–H and O–H groups in total. The highest BCUT2D eigenvalue weighted by atomic mass is 19.1. The summed E-state index contributed by atoms with van der Waals surface area (Å²) in [6, 6.07) is 11.0. The summed E-state index contributed by atoms with van der Waals surface area (Å²) in [6.45, 7) is 2.21. The molecule has 0 bridgehead atoms. The lowest BCUT2D eigenvalue weighted by Gasteiger charge is -2.14. The van der Waals surface area contributed by atoms with Crippen LogP contribution in [0.5, 0.6) is 17.2 Å². The van der Waals surface area contributed by atoms with Crippen molar-refractivity contribution in [1.29, 1.82) is 0 Å². The first-order chi connectivity index (χ1) is 11.1. The maximum atomic E-state index is 12.8. The van der Waals surface area contributed by atoms with Gasteiger partial charge in [0.2, 0.25) is 6.79 Å². The third-order valence-corrected chi connectivity index (χ3v) is 3.40. The Morgan fingerprint density at radius 1 is 1.22 bits per heavy atom. The van der Waals surface area contributed by atoms with E-state index in [9.17, 15) is 9.18 Å². The van der Waals surface area contributed by atoms with Gasteiger partial charge in [-0.2, -0.15) is 0 Å². The zero-order chi connectivity index (χ0) is 16.2. The number of ether oxygens (including phenoxy) is 3. The first-order valence-electron chi connectivity index (χ1n) is 7.20. The normalized spacial score (nSPS) is 13.5. The number of fused-ring (bicyclic) bond motifs is 1. The van der Waals surface area contributed by atoms with E-state index in [1.54, 1.807) is 6.92 Å². The van der Waals surface area contributed by atoms with Gasteiger partial charge in [-0.3, -0.25) is 4.79 Å². The zero-order valence-electron chi connectivity index (χ0n) is 12.5. The van der Waals surface area contributed by atoms with E-state index in [0.29, 0.717) is 23.8 Å². The number of halogens is 1. The van der Waals surface area contributed by atoms with E-state index < -0.39 is 6.10 Å². The van der Waals surface area contributed by atoms with E-state index in [1.807, 2.05) is 18.2 Å². The Kier molecular flexibility index (Phi) is 4.32. The fourth-order valence-electron chi connectivity index (χ4n) is 2.15. The third kappa shape index (κ3) is 3.71. The fourth-order valence-corrected chi connectivity index (χ4v) is 2.15. The fraction of sp³-hybridized carbons (Fsp3) is 0.235. The van der Waals surface area contributed by atoms with Crippen molar-refractivity contribution >= 4 is 5.91 Å². The number of carbonyl (C=O) groups excluding carboxylic acids is 1. The van der Waals surface area contributed by atoms with Gasteiger partial charge in [0.25, 0.3) is 5.91 Å². The molecule has 0 aliphatic carbocycles. The van der Waals surface area contributed by atoms with Crippen LogP contribution in [0.2, 0.25) is 0 Å². The number of rotatable bonds is 5. The lowest BCUT2D eigenvalue weighted by Crippen LogP contribution is -2.35. The van der Waals surface area contributed by atoms with Gasteiger partial charge < -0.3 is 19.5 Å². The minimum atomic E-state index is -0.686. The Morgan fingerprint density at radius 3 is 2.74 bits per heavy atom. The van der Waals surface area contributed by atoms with Gasteiger partial charge in [0.15, 0.2) is 17.6 Å². The molecule has 0 unspecified atom stereocenters. The van der Waals surface area contributed by atoms with Crippen LogP contribution in [0.25, 0.3) is 0 Å². The molecule has 120 valence electrons. The van der Waals surface area contributed by atoms with Crippen molar-refractivity contribution in [2.75, 3.05) is 6.79 Å². The maximum Gasteiger partial charge on any atom is 0.261 e. The summed E-state index contributed by atoms with van der Waals surface area (Å²) >= 11 is 0. The van der Waals surface area contributed by atoms with Crippen LogP contribution in [0.1, 0.15) is 12.5 Å². The topological polar surface area (TPSA) is 56.8 Å². The second kappa shape index (κ2) is 6.56. The van der Waals surface area contributed by atoms with E-state index in [1.165, 1.54) is 24.3 Å². The molecule has 1 atom stereocenters. The second-order valence-electron chi connectivity index (χ2n) is 5.12. The lowest BCUT2D eigenvalue weighted by atomic mass is 10.2. The maximum absolute atomic E-state index is 12.8. The third-order valence-electron chi connectivity index (χ3n) is 3.40. The molecule has 6 heteroatoms. The standard InChI is InChI=1S/C17H16FNO4/c1-11(23-14-5-3-13(18)4-6-14)17(20)19-9-12-2-7-15-16(8-12)22-10-21-15/h2-8,11H,9-10H2,1H3,(H,19,20)/t11-/m0/s1. The second-order valence-corrected chi connectivity index (χ2v) is 5.12. The quantitative estimate of drug-likeness (QED) is 0.921. The van der Waals surface area contributed by atoms with Crippen LogP contribution in [0, 0.1) is 5.82 Å². The monoisotopic (exact) mass is 317 g/mol. The van der Waals surface area contributed by atoms with Crippen molar-refractivity contribution in [2.24, 2.45) is 0 Å². The average molecular weight is 317 g/mol. The molecular formula is C17H16FNO4. The molecule has 0 fully saturated rings. The van der Waals surface area contributed by atoms with Crippen LogP contribution in [-0.2, 0) is 11.3 Å². The van der Waals surface area contributed by atoms with Gasteiger partial charge in [-0.15, -0.1) is 0 Å². The molecular weight excluding hydrogens is 301 g/mol. The summed E-state index contributed by atoms with van der Waals surface area (Å²) in [5.74, 6) is 1.21. The summed E-state index contributed by atoms with van der Waals surface area (Å²) in [7, 11) is 0. The van der Waals surface area contributed by atoms with Gasteiger partial charge in [-0.25, -0.2) is 4.39 Å². The summed E-state index contributed by atoms with van der Waals surface area (Å²) in [5, 5.41) is 2.79. The van der Waals surface area contributed by atoms with Gasteiger partial charge >= 0.3 is 0 Å². The van der Waals surface area contributed by atoms with Crippen molar-refractivity contribution in [3.05, 3.63) is 53.8 Å². The number of hydrogen-bond donors (Lipinski definition) is 1. The molecule has 0 radical (unpaired) electrons. The minimum absolute atomic E-state index is 0.216. The summed E-state index contributed by atoms with van der Waals surface area (Å²) in [5.41, 5.74) is 0.900. The van der Waals surface area contributed by atoms with Gasteiger partial charge in [0, 0.05) is 6.54 Å². The molecule has 1 heterocycles. The van der Waals surface area contributed by atoms with Gasteiger partial charge in [-0.1, -0.05) is 6.07 Å². The molecule has 0 aromatic heterocycles. The highest BCUT2D eigenvalue weighted by molar-refractivity contribution is 5.80. The van der Waals surface area contributed by atoms with Crippen LogP contribution < -0.4 is 19.5 Å². The van der Waals surface area contributed by atoms with Crippen LogP contribution in [0.4, 0.5) is 4.39 Å². The summed E-state index contributed by atoms with van der Waals surface area (Å²) < 4.78 is 28.8. The number of nitrogens with one attached hydrogen (secondary N) is 1. The molecule has 1 amide bonds. The smallest absolute Gasteiger partial charge is 0.261 e. The van der Waals surface area contributed by atoms with Crippen molar-refractivity contribution in [1.82, 2.24) is 5.32 Å². The van der Waals surface area contributed by atoms with Gasteiger partial charge in [-0.05, 0) is 48.9 Å². The molecule has 3 rings (SSSR count). The number of carbonyl (C=O) groups is 1. The van der Waals surface area contributed by atoms with Crippen molar-refractivity contribution < 1.29 is 23.4 Å². The van der Waals surface area contributed by atoms with Gasteiger partial charge in [0.05, 0.1) is 0 Å². The minimum Gasteiger partial charge on any atom is -0.481 e.